The molecule has 1 heterocycles. The van der Waals surface area contributed by atoms with E-state index in [2.05, 4.69) is 18.3 Å². The van der Waals surface area contributed by atoms with E-state index in [1.165, 1.54) is 0 Å². The van der Waals surface area contributed by atoms with Gasteiger partial charge in [-0.3, -0.25) is 4.79 Å². The fourth-order valence-electron chi connectivity index (χ4n) is 3.41. The number of benzene rings is 1. The molecule has 0 aromatic heterocycles. The van der Waals surface area contributed by atoms with Crippen molar-refractivity contribution in [3.63, 3.8) is 0 Å². The van der Waals surface area contributed by atoms with Gasteiger partial charge in [0.1, 0.15) is 0 Å². The minimum atomic E-state index is -0.445. The van der Waals surface area contributed by atoms with Crippen LogP contribution in [0.1, 0.15) is 50.5 Å². The third-order valence-electron chi connectivity index (χ3n) is 4.70. The molecule has 6 heteroatoms. The molecule has 0 saturated carbocycles. The van der Waals surface area contributed by atoms with E-state index < -0.39 is 5.92 Å². The number of ketones is 1. The van der Waals surface area contributed by atoms with Crippen LogP contribution in [0.15, 0.2) is 40.1 Å². The molecule has 1 aliphatic heterocycles. The molecule has 1 aromatic rings. The predicted molar refractivity (Wildman–Crippen MR) is 108 cm³/mol. The van der Waals surface area contributed by atoms with Crippen LogP contribution in [0.25, 0.3) is 0 Å². The number of carbonyl (C=O) groups excluding carboxylic acids is 1. The second kappa shape index (κ2) is 8.52. The van der Waals surface area contributed by atoms with Gasteiger partial charge in [-0.25, -0.2) is 0 Å². The van der Waals surface area contributed by atoms with Crippen molar-refractivity contribution in [2.45, 2.75) is 44.9 Å². The third kappa shape index (κ3) is 3.67. The lowest BCUT2D eigenvalue weighted by atomic mass is 9.77. The van der Waals surface area contributed by atoms with Crippen molar-refractivity contribution in [1.82, 2.24) is 5.32 Å². The Hall–Kier alpha value is -1.41. The Morgan fingerprint density at radius 1 is 1.35 bits per heavy atom. The molecular formula is C20H20Cl2N2OS. The highest BCUT2D eigenvalue weighted by atomic mass is 35.5. The van der Waals surface area contributed by atoms with Crippen LogP contribution in [-0.4, -0.2) is 11.5 Å². The van der Waals surface area contributed by atoms with Gasteiger partial charge in [0, 0.05) is 17.7 Å². The van der Waals surface area contributed by atoms with Crippen LogP contribution in [-0.2, 0) is 4.79 Å². The van der Waals surface area contributed by atoms with Gasteiger partial charge >= 0.3 is 0 Å². The van der Waals surface area contributed by atoms with E-state index in [1.807, 2.05) is 12.1 Å². The molecule has 0 radical (unpaired) electrons. The number of nitriles is 1. The summed E-state index contributed by atoms with van der Waals surface area (Å²) in [5, 5.41) is 15.0. The Kier molecular flexibility index (Phi) is 6.34. The average Bonchev–Trinajstić information content (AvgIpc) is 2.63. The van der Waals surface area contributed by atoms with E-state index in [9.17, 15) is 10.1 Å². The van der Waals surface area contributed by atoms with Gasteiger partial charge in [-0.1, -0.05) is 48.7 Å². The van der Waals surface area contributed by atoms with Crippen molar-refractivity contribution in [3.8, 4) is 6.07 Å². The molecule has 1 N–H and O–H groups in total. The Morgan fingerprint density at radius 2 is 2.15 bits per heavy atom. The van der Waals surface area contributed by atoms with Crippen LogP contribution in [0.3, 0.4) is 0 Å². The van der Waals surface area contributed by atoms with Crippen molar-refractivity contribution in [2.75, 3.05) is 5.75 Å². The second-order valence-electron chi connectivity index (χ2n) is 6.43. The average molecular weight is 407 g/mol. The van der Waals surface area contributed by atoms with Crippen molar-refractivity contribution in [2.24, 2.45) is 0 Å². The lowest BCUT2D eigenvalue weighted by Crippen LogP contribution is -2.31. The van der Waals surface area contributed by atoms with E-state index in [4.69, 9.17) is 23.2 Å². The van der Waals surface area contributed by atoms with E-state index in [0.717, 1.165) is 47.7 Å². The maximum Gasteiger partial charge on any atom is 0.161 e. The van der Waals surface area contributed by atoms with E-state index >= 15 is 0 Å². The first kappa shape index (κ1) is 19.4. The molecule has 0 amide bonds. The van der Waals surface area contributed by atoms with Gasteiger partial charge < -0.3 is 5.32 Å². The summed E-state index contributed by atoms with van der Waals surface area (Å²) in [6, 6.07) is 7.74. The molecule has 0 saturated heterocycles. The smallest absolute Gasteiger partial charge is 0.161 e. The Bertz CT molecular complexity index is 839. The number of Topliss-reactive ketones (excluding diaryl/α,β-unsaturated/α-hetero) is 1. The molecule has 0 bridgehead atoms. The van der Waals surface area contributed by atoms with Crippen molar-refractivity contribution in [1.29, 1.82) is 5.26 Å². The summed E-state index contributed by atoms with van der Waals surface area (Å²) in [5.74, 6) is 0.570. The molecular weight excluding hydrogens is 387 g/mol. The summed E-state index contributed by atoms with van der Waals surface area (Å²) in [7, 11) is 0. The summed E-state index contributed by atoms with van der Waals surface area (Å²) in [4.78, 5) is 12.7. The fourth-order valence-corrected chi connectivity index (χ4v) is 4.98. The van der Waals surface area contributed by atoms with Gasteiger partial charge in [0.25, 0.3) is 0 Å². The molecule has 136 valence electrons. The highest BCUT2D eigenvalue weighted by Crippen LogP contribution is 2.46. The van der Waals surface area contributed by atoms with Crippen molar-refractivity contribution < 1.29 is 4.79 Å². The number of allylic oxidation sites excluding steroid dienone is 3. The summed E-state index contributed by atoms with van der Waals surface area (Å²) in [6.07, 6.45) is 4.31. The van der Waals surface area contributed by atoms with Crippen molar-refractivity contribution in [3.05, 3.63) is 55.7 Å². The summed E-state index contributed by atoms with van der Waals surface area (Å²) in [5.41, 5.74) is 2.90. The first-order chi connectivity index (χ1) is 12.6. The first-order valence-electron chi connectivity index (χ1n) is 8.82. The molecule has 0 unspecified atom stereocenters. The van der Waals surface area contributed by atoms with E-state index in [0.29, 0.717) is 27.6 Å². The van der Waals surface area contributed by atoms with Gasteiger partial charge in [-0.05, 0) is 36.6 Å². The Balaban J connectivity index is 2.14. The zero-order valence-corrected chi connectivity index (χ0v) is 16.9. The monoisotopic (exact) mass is 406 g/mol. The highest BCUT2D eigenvalue weighted by molar-refractivity contribution is 8.03. The number of hydrogen-bond donors (Lipinski definition) is 1. The van der Waals surface area contributed by atoms with Crippen LogP contribution >= 0.6 is 35.0 Å². The Morgan fingerprint density at radius 3 is 2.88 bits per heavy atom. The van der Waals surface area contributed by atoms with Gasteiger partial charge in [-0.2, -0.15) is 5.26 Å². The van der Waals surface area contributed by atoms with Crippen LogP contribution in [0.4, 0.5) is 0 Å². The molecule has 3 nitrogen and oxygen atoms in total. The van der Waals surface area contributed by atoms with Gasteiger partial charge in [0.2, 0.25) is 0 Å². The molecule has 3 rings (SSSR count). The molecule has 1 aliphatic carbocycles. The lowest BCUT2D eigenvalue weighted by Gasteiger charge is -2.33. The molecule has 2 aliphatic rings. The van der Waals surface area contributed by atoms with Gasteiger partial charge in [-0.15, -0.1) is 11.8 Å². The topological polar surface area (TPSA) is 52.9 Å². The SMILES string of the molecule is CCCCSC1=C(C#N)[C@H](c2cccc(Cl)c2Cl)C2=C(CCCC2=O)N1. The zero-order chi connectivity index (χ0) is 18.7. The summed E-state index contributed by atoms with van der Waals surface area (Å²) < 4.78 is 0. The highest BCUT2D eigenvalue weighted by Gasteiger charge is 2.38. The maximum atomic E-state index is 12.7. The number of halogens is 2. The zero-order valence-electron chi connectivity index (χ0n) is 14.6. The first-order valence-corrected chi connectivity index (χ1v) is 10.6. The standard InChI is InChI=1S/C20H20Cl2N2OS/c1-2-3-10-26-20-13(11-23)17(12-6-4-7-14(21)19(12)22)18-15(24-20)8-5-9-16(18)25/h4,6-7,17,24H,2-3,5,8-10H2,1H3/t17-/m0/s1. The minimum absolute atomic E-state index is 0.0881. The molecule has 0 fully saturated rings. The number of carbonyl (C=O) groups is 1. The molecule has 0 spiro atoms. The number of unbranched alkanes of at least 4 members (excludes halogenated alkanes) is 1. The predicted octanol–water partition coefficient (Wildman–Crippen LogP) is 5.96. The number of nitrogens with zero attached hydrogens (tertiary/aromatic N) is 1. The van der Waals surface area contributed by atoms with Crippen LogP contribution in [0.2, 0.25) is 10.0 Å². The number of dihydropyridines is 1. The van der Waals surface area contributed by atoms with Crippen LogP contribution in [0.5, 0.6) is 0 Å². The number of nitrogens with one attached hydrogen (secondary N) is 1. The number of hydrogen-bond acceptors (Lipinski definition) is 4. The van der Waals surface area contributed by atoms with Gasteiger partial charge in [0.05, 0.1) is 32.6 Å². The fraction of sp³-hybridized carbons (Fsp3) is 0.400. The quantitative estimate of drug-likeness (QED) is 0.613. The molecule has 1 atom stereocenters. The van der Waals surface area contributed by atoms with E-state index in [-0.39, 0.29) is 5.78 Å². The van der Waals surface area contributed by atoms with Gasteiger partial charge in [0.15, 0.2) is 5.78 Å². The number of thioether (sulfide) groups is 1. The lowest BCUT2D eigenvalue weighted by molar-refractivity contribution is -0.116. The normalized spacial score (nSPS) is 19.9. The summed E-state index contributed by atoms with van der Waals surface area (Å²) >= 11 is 14.3. The van der Waals surface area contributed by atoms with E-state index in [1.54, 1.807) is 17.8 Å². The third-order valence-corrected chi connectivity index (χ3v) is 6.64. The van der Waals surface area contributed by atoms with Crippen LogP contribution < -0.4 is 5.32 Å². The second-order valence-corrected chi connectivity index (χ2v) is 8.32. The maximum absolute atomic E-state index is 12.7. The minimum Gasteiger partial charge on any atom is -0.352 e. The summed E-state index contributed by atoms with van der Waals surface area (Å²) in [6.45, 7) is 2.14. The van der Waals surface area contributed by atoms with Crippen LogP contribution in [0, 0.1) is 11.3 Å². The largest absolute Gasteiger partial charge is 0.352 e. The Labute approximate surface area is 168 Å². The van der Waals surface area contributed by atoms with Crippen molar-refractivity contribution >= 4 is 40.7 Å². The number of rotatable bonds is 5. The molecule has 1 aromatic carbocycles. The molecule has 26 heavy (non-hydrogen) atoms.